The molecular weight excluding hydrogens is 160 g/mol. The fourth-order valence-corrected chi connectivity index (χ4v) is 3.50. The summed E-state index contributed by atoms with van der Waals surface area (Å²) in [4.78, 5) is 0. The molecule has 1 unspecified atom stereocenters. The lowest BCUT2D eigenvalue weighted by molar-refractivity contribution is -0.0492. The molecule has 2 rings (SSSR count). The van der Waals surface area contributed by atoms with Crippen LogP contribution in [0.3, 0.4) is 0 Å². The lowest BCUT2D eigenvalue weighted by Crippen LogP contribution is -2.44. The predicted octanol–water partition coefficient (Wildman–Crippen LogP) is 2.83. The van der Waals surface area contributed by atoms with E-state index < -0.39 is 0 Å². The Bertz CT molecular complexity index is 191. The lowest BCUT2D eigenvalue weighted by atomic mass is 9.55. The molecule has 2 saturated carbocycles. The van der Waals surface area contributed by atoms with Crippen LogP contribution in [0.4, 0.5) is 0 Å². The van der Waals surface area contributed by atoms with Crippen molar-refractivity contribution in [3.05, 3.63) is 0 Å². The van der Waals surface area contributed by atoms with Gasteiger partial charge in [-0.1, -0.05) is 13.8 Å². The predicted molar refractivity (Wildman–Crippen MR) is 54.4 cm³/mol. The van der Waals surface area contributed by atoms with E-state index in [0.717, 1.165) is 11.8 Å². The Morgan fingerprint density at radius 2 is 1.92 bits per heavy atom. The molecule has 13 heavy (non-hydrogen) atoms. The molecule has 1 spiro atoms. The van der Waals surface area contributed by atoms with E-state index in [1.54, 1.807) is 0 Å². The summed E-state index contributed by atoms with van der Waals surface area (Å²) in [6.45, 7) is 6.74. The molecule has 2 fully saturated rings. The van der Waals surface area contributed by atoms with Gasteiger partial charge in [0.25, 0.3) is 0 Å². The molecule has 0 radical (unpaired) electrons. The van der Waals surface area contributed by atoms with Crippen molar-refractivity contribution in [2.45, 2.75) is 52.6 Å². The molecule has 1 heteroatoms. The zero-order valence-corrected chi connectivity index (χ0v) is 9.09. The molecule has 1 nitrogen and oxygen atoms in total. The molecule has 0 aromatic carbocycles. The van der Waals surface area contributed by atoms with Gasteiger partial charge in [0.1, 0.15) is 0 Å². The van der Waals surface area contributed by atoms with Crippen LogP contribution in [0.15, 0.2) is 0 Å². The maximum atomic E-state index is 9.47. The topological polar surface area (TPSA) is 20.2 Å². The average Bonchev–Trinajstić information content (AvgIpc) is 2.26. The molecule has 0 saturated heterocycles. The van der Waals surface area contributed by atoms with Gasteiger partial charge in [0.05, 0.1) is 6.10 Å². The first-order valence-electron chi connectivity index (χ1n) is 5.73. The summed E-state index contributed by atoms with van der Waals surface area (Å²) in [5.41, 5.74) is 0.640. The molecule has 0 amide bonds. The number of hydrogen-bond acceptors (Lipinski definition) is 1. The second-order valence-corrected chi connectivity index (χ2v) is 5.58. The van der Waals surface area contributed by atoms with Crippen molar-refractivity contribution in [3.63, 3.8) is 0 Å². The maximum absolute atomic E-state index is 9.47. The minimum absolute atomic E-state index is 0.0752. The minimum atomic E-state index is -0.0752. The van der Waals surface area contributed by atoms with Crippen LogP contribution in [0.5, 0.6) is 0 Å². The lowest BCUT2D eigenvalue weighted by Gasteiger charge is -2.50. The molecule has 0 aromatic rings. The highest BCUT2D eigenvalue weighted by atomic mass is 16.3. The highest BCUT2D eigenvalue weighted by Gasteiger charge is 2.53. The molecule has 0 bridgehead atoms. The SMILES string of the molecule is CC(O)C1CC2(CC[C@H](C)[C@@H]2C)C1. The van der Waals surface area contributed by atoms with Gasteiger partial charge in [0, 0.05) is 0 Å². The van der Waals surface area contributed by atoms with Gasteiger partial charge in [0.2, 0.25) is 0 Å². The summed E-state index contributed by atoms with van der Waals surface area (Å²) >= 11 is 0. The average molecular weight is 182 g/mol. The van der Waals surface area contributed by atoms with Crippen molar-refractivity contribution >= 4 is 0 Å². The highest BCUT2D eigenvalue weighted by Crippen LogP contribution is 2.61. The van der Waals surface area contributed by atoms with Crippen molar-refractivity contribution < 1.29 is 5.11 Å². The van der Waals surface area contributed by atoms with E-state index in [0.29, 0.717) is 11.3 Å². The largest absolute Gasteiger partial charge is 0.393 e. The van der Waals surface area contributed by atoms with Crippen LogP contribution in [0.2, 0.25) is 0 Å². The van der Waals surface area contributed by atoms with Crippen molar-refractivity contribution in [3.8, 4) is 0 Å². The first kappa shape index (κ1) is 9.51. The van der Waals surface area contributed by atoms with E-state index in [1.165, 1.54) is 25.7 Å². The minimum Gasteiger partial charge on any atom is -0.393 e. The van der Waals surface area contributed by atoms with Gasteiger partial charge in [0.15, 0.2) is 0 Å². The maximum Gasteiger partial charge on any atom is 0.0540 e. The third-order valence-electron chi connectivity index (χ3n) is 4.94. The van der Waals surface area contributed by atoms with Gasteiger partial charge in [-0.3, -0.25) is 0 Å². The van der Waals surface area contributed by atoms with Crippen LogP contribution in [-0.2, 0) is 0 Å². The van der Waals surface area contributed by atoms with Crippen LogP contribution < -0.4 is 0 Å². The smallest absolute Gasteiger partial charge is 0.0540 e. The molecule has 2 aliphatic rings. The second-order valence-electron chi connectivity index (χ2n) is 5.58. The van der Waals surface area contributed by atoms with Gasteiger partial charge < -0.3 is 5.11 Å². The van der Waals surface area contributed by atoms with Gasteiger partial charge >= 0.3 is 0 Å². The molecule has 1 N–H and O–H groups in total. The van der Waals surface area contributed by atoms with Crippen LogP contribution in [-0.4, -0.2) is 11.2 Å². The second kappa shape index (κ2) is 2.98. The fraction of sp³-hybridized carbons (Fsp3) is 1.00. The number of rotatable bonds is 1. The quantitative estimate of drug-likeness (QED) is 0.661. The molecule has 2 aliphatic carbocycles. The van der Waals surface area contributed by atoms with Crippen molar-refractivity contribution in [1.82, 2.24) is 0 Å². The zero-order chi connectivity index (χ0) is 9.64. The van der Waals surface area contributed by atoms with Gasteiger partial charge in [-0.2, -0.15) is 0 Å². The van der Waals surface area contributed by atoms with Crippen LogP contribution >= 0.6 is 0 Å². The normalized spacial score (nSPS) is 52.2. The van der Waals surface area contributed by atoms with Crippen molar-refractivity contribution in [2.75, 3.05) is 0 Å². The summed E-state index contributed by atoms with van der Waals surface area (Å²) in [5.74, 6) is 2.41. The van der Waals surface area contributed by atoms with E-state index in [1.807, 2.05) is 6.92 Å². The third kappa shape index (κ3) is 1.32. The van der Waals surface area contributed by atoms with E-state index in [-0.39, 0.29) is 6.10 Å². The molecule has 3 atom stereocenters. The van der Waals surface area contributed by atoms with Crippen molar-refractivity contribution in [1.29, 1.82) is 0 Å². The number of aliphatic hydroxyl groups is 1. The summed E-state index contributed by atoms with van der Waals surface area (Å²) in [6.07, 6.45) is 5.33. The van der Waals surface area contributed by atoms with Gasteiger partial charge in [-0.15, -0.1) is 0 Å². The Labute approximate surface area is 81.5 Å². The zero-order valence-electron chi connectivity index (χ0n) is 9.09. The molecule has 0 aromatic heterocycles. The Hall–Kier alpha value is -0.0400. The first-order chi connectivity index (χ1) is 6.05. The highest BCUT2D eigenvalue weighted by molar-refractivity contribution is 5.03. The van der Waals surface area contributed by atoms with Crippen LogP contribution in [0.1, 0.15) is 46.5 Å². The van der Waals surface area contributed by atoms with Crippen molar-refractivity contribution in [2.24, 2.45) is 23.2 Å². The third-order valence-corrected chi connectivity index (χ3v) is 4.94. The van der Waals surface area contributed by atoms with E-state index in [4.69, 9.17) is 0 Å². The van der Waals surface area contributed by atoms with Gasteiger partial charge in [-0.25, -0.2) is 0 Å². The standard InChI is InChI=1S/C12H22O/c1-8-4-5-12(9(8)2)6-11(7-12)10(3)13/h8-11,13H,4-7H2,1-3H3/t8-,9-,10?,11?,12?/m0/s1. The Morgan fingerprint density at radius 3 is 2.31 bits per heavy atom. The summed E-state index contributed by atoms with van der Waals surface area (Å²) in [7, 11) is 0. The summed E-state index contributed by atoms with van der Waals surface area (Å²) < 4.78 is 0. The summed E-state index contributed by atoms with van der Waals surface area (Å²) in [5, 5.41) is 9.47. The summed E-state index contributed by atoms with van der Waals surface area (Å²) in [6, 6.07) is 0. The van der Waals surface area contributed by atoms with E-state index >= 15 is 0 Å². The van der Waals surface area contributed by atoms with E-state index in [9.17, 15) is 5.11 Å². The monoisotopic (exact) mass is 182 g/mol. The number of hydrogen-bond donors (Lipinski definition) is 1. The van der Waals surface area contributed by atoms with E-state index in [2.05, 4.69) is 13.8 Å². The first-order valence-corrected chi connectivity index (χ1v) is 5.73. The Kier molecular flexibility index (Phi) is 2.18. The molecule has 76 valence electrons. The Morgan fingerprint density at radius 1 is 1.31 bits per heavy atom. The van der Waals surface area contributed by atoms with Gasteiger partial charge in [-0.05, 0) is 55.8 Å². The molecule has 0 heterocycles. The molecular formula is C12H22O. The fourth-order valence-electron chi connectivity index (χ4n) is 3.50. The van der Waals surface area contributed by atoms with Crippen LogP contribution in [0, 0.1) is 23.2 Å². The molecule has 0 aliphatic heterocycles. The Balaban J connectivity index is 1.96. The number of aliphatic hydroxyl groups excluding tert-OH is 1. The van der Waals surface area contributed by atoms with Crippen LogP contribution in [0.25, 0.3) is 0 Å².